The molecule has 1 rings (SSSR count). The number of carbonyl (C=O) groups excluding carboxylic acids is 1. The summed E-state index contributed by atoms with van der Waals surface area (Å²) in [6.45, 7) is 1.55. The van der Waals surface area contributed by atoms with Crippen LogP contribution in [0.5, 0.6) is 5.75 Å². The smallest absolute Gasteiger partial charge is 0.408 e. The molecule has 0 aromatic heterocycles. The summed E-state index contributed by atoms with van der Waals surface area (Å²) in [6.07, 6.45) is -4.53. The van der Waals surface area contributed by atoms with Crippen LogP contribution < -0.4 is 10.1 Å². The van der Waals surface area contributed by atoms with Crippen LogP contribution in [-0.4, -0.2) is 36.6 Å². The Morgan fingerprint density at radius 1 is 1.29 bits per heavy atom. The van der Waals surface area contributed by atoms with Gasteiger partial charge >= 0.3 is 12.2 Å². The summed E-state index contributed by atoms with van der Waals surface area (Å²) in [5, 5.41) is 6.28. The molecule has 1 aromatic rings. The molecule has 0 spiro atoms. The predicted octanol–water partition coefficient (Wildman–Crippen LogP) is 3.49. The van der Waals surface area contributed by atoms with Gasteiger partial charge in [0.1, 0.15) is 12.3 Å². The van der Waals surface area contributed by atoms with Gasteiger partial charge in [-0.3, -0.25) is 0 Å². The number of rotatable bonds is 4. The molecular formula is C13H16F3N3O2. The van der Waals surface area contributed by atoms with Crippen molar-refractivity contribution in [2.24, 2.45) is 5.10 Å². The number of alkyl halides is 3. The molecule has 0 aliphatic heterocycles. The molecule has 0 fully saturated rings. The SMILES string of the molecule is COc1ccc(NC(=O)N(CC(F)(F)F)N=C(C)C)cc1. The minimum atomic E-state index is -4.53. The third-order valence-electron chi connectivity index (χ3n) is 2.23. The van der Waals surface area contributed by atoms with E-state index in [1.807, 2.05) is 0 Å². The molecule has 0 aliphatic carbocycles. The molecule has 116 valence electrons. The highest BCUT2D eigenvalue weighted by atomic mass is 19.4. The van der Waals surface area contributed by atoms with Gasteiger partial charge in [-0.1, -0.05) is 0 Å². The largest absolute Gasteiger partial charge is 0.497 e. The van der Waals surface area contributed by atoms with Gasteiger partial charge in [0.25, 0.3) is 0 Å². The lowest BCUT2D eigenvalue weighted by molar-refractivity contribution is -0.139. The molecule has 21 heavy (non-hydrogen) atoms. The number of nitrogens with one attached hydrogen (secondary N) is 1. The number of urea groups is 1. The van der Waals surface area contributed by atoms with Crippen molar-refractivity contribution >= 4 is 17.4 Å². The van der Waals surface area contributed by atoms with E-state index in [-0.39, 0.29) is 0 Å². The van der Waals surface area contributed by atoms with E-state index in [2.05, 4.69) is 10.4 Å². The van der Waals surface area contributed by atoms with Crippen molar-refractivity contribution in [2.75, 3.05) is 19.0 Å². The van der Waals surface area contributed by atoms with Crippen LogP contribution in [0.1, 0.15) is 13.8 Å². The Kier molecular flexibility index (Phi) is 5.57. The van der Waals surface area contributed by atoms with E-state index in [4.69, 9.17) is 4.74 Å². The summed E-state index contributed by atoms with van der Waals surface area (Å²) in [7, 11) is 1.48. The van der Waals surface area contributed by atoms with Crippen LogP contribution in [-0.2, 0) is 0 Å². The summed E-state index contributed by atoms with van der Waals surface area (Å²) in [4.78, 5) is 11.9. The number of carbonyl (C=O) groups is 1. The number of halogens is 3. The molecule has 0 atom stereocenters. The van der Waals surface area contributed by atoms with Crippen molar-refractivity contribution in [3.63, 3.8) is 0 Å². The minimum absolute atomic E-state index is 0.337. The van der Waals surface area contributed by atoms with E-state index in [9.17, 15) is 18.0 Å². The second-order valence-electron chi connectivity index (χ2n) is 4.38. The van der Waals surface area contributed by atoms with Gasteiger partial charge in [-0.25, -0.2) is 9.80 Å². The molecule has 8 heteroatoms. The van der Waals surface area contributed by atoms with E-state index < -0.39 is 18.8 Å². The van der Waals surface area contributed by atoms with Gasteiger partial charge in [-0.2, -0.15) is 18.3 Å². The van der Waals surface area contributed by atoms with Gasteiger partial charge < -0.3 is 10.1 Å². The van der Waals surface area contributed by atoms with Gasteiger partial charge in [0.05, 0.1) is 7.11 Å². The van der Waals surface area contributed by atoms with Crippen LogP contribution in [0.2, 0.25) is 0 Å². The number of ether oxygens (including phenoxy) is 1. The highest BCUT2D eigenvalue weighted by molar-refractivity contribution is 5.90. The van der Waals surface area contributed by atoms with E-state index >= 15 is 0 Å². The standard InChI is InChI=1S/C13H16F3N3O2/c1-9(2)18-19(8-13(14,15)16)12(20)17-10-4-6-11(21-3)7-5-10/h4-7H,8H2,1-3H3,(H,17,20). The van der Waals surface area contributed by atoms with Crippen LogP contribution in [0.4, 0.5) is 23.7 Å². The van der Waals surface area contributed by atoms with E-state index in [1.165, 1.54) is 33.1 Å². The zero-order valence-corrected chi connectivity index (χ0v) is 11.9. The molecule has 1 aromatic carbocycles. The first-order valence-corrected chi connectivity index (χ1v) is 6.02. The molecule has 0 saturated carbocycles. The van der Waals surface area contributed by atoms with Crippen molar-refractivity contribution in [3.8, 4) is 5.75 Å². The zero-order chi connectivity index (χ0) is 16.0. The molecule has 2 amide bonds. The van der Waals surface area contributed by atoms with Crippen molar-refractivity contribution in [2.45, 2.75) is 20.0 Å². The topological polar surface area (TPSA) is 53.9 Å². The third kappa shape index (κ3) is 6.15. The monoisotopic (exact) mass is 303 g/mol. The lowest BCUT2D eigenvalue weighted by Crippen LogP contribution is -2.38. The van der Waals surface area contributed by atoms with Crippen molar-refractivity contribution < 1.29 is 22.7 Å². The van der Waals surface area contributed by atoms with Gasteiger partial charge in [0, 0.05) is 11.4 Å². The number of amides is 2. The normalized spacial score (nSPS) is 10.8. The summed E-state index contributed by atoms with van der Waals surface area (Å²) in [6, 6.07) is 5.24. The van der Waals surface area contributed by atoms with Crippen LogP contribution in [0.25, 0.3) is 0 Å². The summed E-state index contributed by atoms with van der Waals surface area (Å²) < 4.78 is 42.3. The summed E-state index contributed by atoms with van der Waals surface area (Å²) >= 11 is 0. The molecule has 0 unspecified atom stereocenters. The molecule has 0 bridgehead atoms. The highest BCUT2D eigenvalue weighted by Crippen LogP contribution is 2.19. The van der Waals surface area contributed by atoms with E-state index in [0.29, 0.717) is 22.2 Å². The summed E-state index contributed by atoms with van der Waals surface area (Å²) in [5.41, 5.74) is 0.682. The Hall–Kier alpha value is -2.25. The molecule has 0 aliphatic rings. The van der Waals surface area contributed by atoms with Crippen LogP contribution in [0, 0.1) is 0 Å². The highest BCUT2D eigenvalue weighted by Gasteiger charge is 2.33. The number of hydrazone groups is 1. The van der Waals surface area contributed by atoms with E-state index in [1.54, 1.807) is 12.1 Å². The first kappa shape index (κ1) is 16.8. The van der Waals surface area contributed by atoms with E-state index in [0.717, 1.165) is 0 Å². The fourth-order valence-corrected chi connectivity index (χ4v) is 1.43. The van der Waals surface area contributed by atoms with Crippen molar-refractivity contribution in [1.82, 2.24) is 5.01 Å². The van der Waals surface area contributed by atoms with Gasteiger partial charge in [-0.15, -0.1) is 0 Å². The number of hydrogen-bond acceptors (Lipinski definition) is 3. The predicted molar refractivity (Wildman–Crippen MR) is 73.6 cm³/mol. The Balaban J connectivity index is 2.82. The molecule has 0 heterocycles. The second-order valence-corrected chi connectivity index (χ2v) is 4.38. The first-order chi connectivity index (χ1) is 9.71. The fourth-order valence-electron chi connectivity index (χ4n) is 1.43. The molecule has 0 saturated heterocycles. The third-order valence-corrected chi connectivity index (χ3v) is 2.23. The Morgan fingerprint density at radius 3 is 2.29 bits per heavy atom. The average Bonchev–Trinajstić information content (AvgIpc) is 2.36. The molecule has 0 radical (unpaired) electrons. The lowest BCUT2D eigenvalue weighted by Gasteiger charge is -2.20. The summed E-state index contributed by atoms with van der Waals surface area (Å²) in [5.74, 6) is 0.572. The average molecular weight is 303 g/mol. The maximum absolute atomic E-state index is 12.4. The quantitative estimate of drug-likeness (QED) is 0.684. The van der Waals surface area contributed by atoms with Crippen LogP contribution in [0.3, 0.4) is 0 Å². The number of anilines is 1. The van der Waals surface area contributed by atoms with Crippen molar-refractivity contribution in [1.29, 1.82) is 0 Å². The lowest BCUT2D eigenvalue weighted by atomic mass is 10.3. The maximum atomic E-state index is 12.4. The molecule has 1 N–H and O–H groups in total. The van der Waals surface area contributed by atoms with Crippen LogP contribution in [0.15, 0.2) is 29.4 Å². The Labute approximate surface area is 120 Å². The Bertz CT molecular complexity index is 508. The number of methoxy groups -OCH3 is 1. The number of nitrogens with zero attached hydrogens (tertiary/aromatic N) is 2. The van der Waals surface area contributed by atoms with Crippen LogP contribution >= 0.6 is 0 Å². The number of benzene rings is 1. The van der Waals surface area contributed by atoms with Crippen molar-refractivity contribution in [3.05, 3.63) is 24.3 Å². The first-order valence-electron chi connectivity index (χ1n) is 6.02. The second kappa shape index (κ2) is 6.96. The molecular weight excluding hydrogens is 287 g/mol. The minimum Gasteiger partial charge on any atom is -0.497 e. The van der Waals surface area contributed by atoms with Gasteiger partial charge in [0.2, 0.25) is 0 Å². The van der Waals surface area contributed by atoms with Gasteiger partial charge in [0.15, 0.2) is 0 Å². The Morgan fingerprint density at radius 2 is 1.86 bits per heavy atom. The zero-order valence-electron chi connectivity index (χ0n) is 11.9. The fraction of sp³-hybridized carbons (Fsp3) is 0.385. The molecule has 5 nitrogen and oxygen atoms in total. The van der Waals surface area contributed by atoms with Gasteiger partial charge in [-0.05, 0) is 38.1 Å². The maximum Gasteiger partial charge on any atom is 0.408 e. The number of hydrogen-bond donors (Lipinski definition) is 1.